The Bertz CT molecular complexity index is 1560. The number of amides is 2. The van der Waals surface area contributed by atoms with Gasteiger partial charge in [0.25, 0.3) is 0 Å². The largest absolute Gasteiger partial charge is 0.480 e. The van der Waals surface area contributed by atoms with Crippen LogP contribution >= 0.6 is 0 Å². The molecule has 1 aliphatic heterocycles. The van der Waals surface area contributed by atoms with Crippen LogP contribution in [0.15, 0.2) is 60.7 Å². The van der Waals surface area contributed by atoms with Crippen molar-refractivity contribution in [1.29, 1.82) is 0 Å². The van der Waals surface area contributed by atoms with Gasteiger partial charge in [0.1, 0.15) is 23.4 Å². The Morgan fingerprint density at radius 1 is 1.00 bits per heavy atom. The van der Waals surface area contributed by atoms with Gasteiger partial charge in [-0.1, -0.05) is 24.3 Å². The summed E-state index contributed by atoms with van der Waals surface area (Å²) in [4.78, 5) is 12.6. The fraction of sp³-hybridized carbons (Fsp3) is 0.174. The van der Waals surface area contributed by atoms with E-state index in [2.05, 4.69) is 10.1 Å². The zero-order chi connectivity index (χ0) is 27.1. The molecule has 0 aliphatic carbocycles. The van der Waals surface area contributed by atoms with Gasteiger partial charge in [-0.15, -0.1) is 3.71 Å². The van der Waals surface area contributed by atoms with E-state index in [0.717, 1.165) is 0 Å². The summed E-state index contributed by atoms with van der Waals surface area (Å²) in [6.45, 7) is -3.13. The first-order valence-electron chi connectivity index (χ1n) is 10.4. The Hall–Kier alpha value is -3.78. The minimum Gasteiger partial charge on any atom is -0.480 e. The molecule has 9 nitrogen and oxygen atoms in total. The first-order valence-corrected chi connectivity index (χ1v) is 14.1. The second-order valence-electron chi connectivity index (χ2n) is 8.02. The first kappa shape index (κ1) is 26.3. The van der Waals surface area contributed by atoms with Crippen molar-refractivity contribution in [2.75, 3.05) is 17.8 Å². The number of sulfonamides is 2. The van der Waals surface area contributed by atoms with Gasteiger partial charge in [0.05, 0.1) is 18.1 Å². The molecule has 1 unspecified atom stereocenters. The molecule has 14 heteroatoms. The van der Waals surface area contributed by atoms with E-state index in [9.17, 15) is 34.8 Å². The van der Waals surface area contributed by atoms with E-state index in [-0.39, 0.29) is 32.0 Å². The summed E-state index contributed by atoms with van der Waals surface area (Å²) < 4.78 is 98.3. The van der Waals surface area contributed by atoms with Crippen molar-refractivity contribution in [3.63, 3.8) is 0 Å². The Balaban J connectivity index is 1.85. The fourth-order valence-electron chi connectivity index (χ4n) is 3.98. The van der Waals surface area contributed by atoms with Crippen LogP contribution in [0.1, 0.15) is 17.2 Å². The second-order valence-corrected chi connectivity index (χ2v) is 11.9. The third-order valence-corrected chi connectivity index (χ3v) is 8.38. The average molecular weight is 557 g/mol. The highest BCUT2D eigenvalue weighted by Gasteiger charge is 2.34. The molecule has 1 atom stereocenters. The molecule has 0 saturated heterocycles. The van der Waals surface area contributed by atoms with Gasteiger partial charge in [-0.25, -0.2) is 26.0 Å². The summed E-state index contributed by atoms with van der Waals surface area (Å²) in [5.41, 5.74) is 1.13. The molecule has 0 saturated carbocycles. The van der Waals surface area contributed by atoms with E-state index >= 15 is 0 Å². The van der Waals surface area contributed by atoms with E-state index in [1.807, 2.05) is 0 Å². The number of rotatable bonds is 6. The third-order valence-electron chi connectivity index (χ3n) is 5.22. The first-order chi connectivity index (χ1) is 17.3. The minimum atomic E-state index is -4.50. The van der Waals surface area contributed by atoms with Crippen molar-refractivity contribution < 1.29 is 44.3 Å². The lowest BCUT2D eigenvalue weighted by Gasteiger charge is -2.31. The van der Waals surface area contributed by atoms with E-state index in [1.54, 1.807) is 6.07 Å². The number of hydrogen-bond donors (Lipinski definition) is 1. The topological polar surface area (TPSA) is 119 Å². The summed E-state index contributed by atoms with van der Waals surface area (Å²) >= 11 is 0. The summed E-state index contributed by atoms with van der Waals surface area (Å²) in [7, 11) is -8.99. The summed E-state index contributed by atoms with van der Waals surface area (Å²) in [6, 6.07) is 12.4. The van der Waals surface area contributed by atoms with Gasteiger partial charge in [-0.2, -0.15) is 8.78 Å². The highest BCUT2D eigenvalue weighted by Crippen LogP contribution is 2.49. The summed E-state index contributed by atoms with van der Waals surface area (Å²) in [6.07, 6.45) is 0.128. The number of ether oxygens (including phenoxy) is 2. The lowest BCUT2D eigenvalue weighted by molar-refractivity contribution is -0.0496. The smallest absolute Gasteiger partial charge is 0.387 e. The monoisotopic (exact) mass is 556 g/mol. The van der Waals surface area contributed by atoms with Crippen LogP contribution in [0, 0.1) is 5.82 Å². The molecule has 2 amide bonds. The zero-order valence-electron chi connectivity index (χ0n) is 19.2. The normalized spacial score (nSPS) is 14.8. The Labute approximate surface area is 210 Å². The highest BCUT2D eigenvalue weighted by atomic mass is 32.3. The van der Waals surface area contributed by atoms with Crippen LogP contribution in [0.5, 0.6) is 11.5 Å². The van der Waals surface area contributed by atoms with Gasteiger partial charge in [0.15, 0.2) is 0 Å². The molecule has 0 spiro atoms. The van der Waals surface area contributed by atoms with Crippen molar-refractivity contribution in [2.24, 2.45) is 0 Å². The van der Waals surface area contributed by atoms with Crippen molar-refractivity contribution in [3.05, 3.63) is 77.6 Å². The van der Waals surface area contributed by atoms with Crippen molar-refractivity contribution in [1.82, 2.24) is 3.71 Å². The second kappa shape index (κ2) is 9.59. The van der Waals surface area contributed by atoms with Gasteiger partial charge in [0.2, 0.25) is 20.0 Å². The minimum absolute atomic E-state index is 0.0400. The molecule has 4 rings (SSSR count). The van der Waals surface area contributed by atoms with E-state index < -0.39 is 44.6 Å². The van der Waals surface area contributed by atoms with Crippen LogP contribution in [0.2, 0.25) is 0 Å². The van der Waals surface area contributed by atoms with Crippen molar-refractivity contribution >= 4 is 31.8 Å². The van der Waals surface area contributed by atoms with Gasteiger partial charge in [0, 0.05) is 11.3 Å². The van der Waals surface area contributed by atoms with E-state index in [4.69, 9.17) is 4.74 Å². The van der Waals surface area contributed by atoms with Crippen LogP contribution < -0.4 is 14.8 Å². The molecule has 3 aromatic carbocycles. The standard InChI is InChI=1S/C23H19F3N2O7S2/c1-36(30,31)28(37(2,32)33)23(29)27-15-9-10-16-17(12-15)21(13-5-3-6-14(24)11-13)34-18-7-4-8-19(20(16)18)35-22(25)26/h3-12,21-22H,1-2H3,(H,27,29). The molecular weight excluding hydrogens is 537 g/mol. The van der Waals surface area contributed by atoms with Crippen LogP contribution in [0.25, 0.3) is 11.1 Å². The predicted octanol–water partition coefficient (Wildman–Crippen LogP) is 4.33. The summed E-state index contributed by atoms with van der Waals surface area (Å²) in [5.74, 6) is -0.579. The molecule has 0 bridgehead atoms. The molecule has 1 heterocycles. The van der Waals surface area contributed by atoms with Gasteiger partial charge >= 0.3 is 12.6 Å². The fourth-order valence-corrected chi connectivity index (χ4v) is 6.64. The molecule has 196 valence electrons. The predicted molar refractivity (Wildman–Crippen MR) is 128 cm³/mol. The molecule has 3 aromatic rings. The maximum Gasteiger partial charge on any atom is 0.387 e. The van der Waals surface area contributed by atoms with E-state index in [1.165, 1.54) is 54.6 Å². The highest BCUT2D eigenvalue weighted by molar-refractivity contribution is 8.04. The maximum absolute atomic E-state index is 14.0. The Morgan fingerprint density at radius 3 is 2.30 bits per heavy atom. The zero-order valence-corrected chi connectivity index (χ0v) is 20.8. The van der Waals surface area contributed by atoms with Gasteiger partial charge in [-0.3, -0.25) is 0 Å². The third kappa shape index (κ3) is 5.49. The number of nitrogens with zero attached hydrogens (tertiary/aromatic N) is 1. The van der Waals surface area contributed by atoms with Crippen LogP contribution in [-0.4, -0.2) is 45.7 Å². The van der Waals surface area contributed by atoms with E-state index in [0.29, 0.717) is 23.6 Å². The Kier molecular flexibility index (Phi) is 6.81. The number of hydrogen-bond acceptors (Lipinski definition) is 7. The number of halogens is 3. The SMILES string of the molecule is CS(=O)(=O)N(C(=O)Nc1ccc2c(c1)C(c1cccc(F)c1)Oc1cccc(OC(F)F)c1-2)S(C)(=O)=O. The van der Waals surface area contributed by atoms with Gasteiger partial charge < -0.3 is 14.8 Å². The Morgan fingerprint density at radius 2 is 1.68 bits per heavy atom. The molecular formula is C23H19F3N2O7S2. The number of carbonyl (C=O) groups is 1. The van der Waals surface area contributed by atoms with Crippen LogP contribution in [-0.2, 0) is 20.0 Å². The number of fused-ring (bicyclic) bond motifs is 3. The number of carbonyl (C=O) groups excluding carboxylic acids is 1. The van der Waals surface area contributed by atoms with Crippen molar-refractivity contribution in [2.45, 2.75) is 12.7 Å². The van der Waals surface area contributed by atoms with Crippen molar-refractivity contribution in [3.8, 4) is 22.6 Å². The quantitative estimate of drug-likeness (QED) is 0.480. The molecule has 0 aromatic heterocycles. The van der Waals surface area contributed by atoms with Crippen LogP contribution in [0.4, 0.5) is 23.7 Å². The summed E-state index contributed by atoms with van der Waals surface area (Å²) in [5, 5.41) is 2.21. The molecule has 0 radical (unpaired) electrons. The number of anilines is 1. The molecule has 0 fully saturated rings. The average Bonchev–Trinajstić information content (AvgIpc) is 2.76. The molecule has 37 heavy (non-hydrogen) atoms. The van der Waals surface area contributed by atoms with Crippen LogP contribution in [0.3, 0.4) is 0 Å². The lowest BCUT2D eigenvalue weighted by atomic mass is 9.88. The number of benzene rings is 3. The lowest BCUT2D eigenvalue weighted by Crippen LogP contribution is -2.43. The number of alkyl halides is 2. The molecule has 1 aliphatic rings. The number of nitrogens with one attached hydrogen (secondary N) is 1. The van der Waals surface area contributed by atoms with Gasteiger partial charge in [-0.05, 0) is 47.5 Å². The molecule has 1 N–H and O–H groups in total. The maximum atomic E-state index is 14.0. The number of urea groups is 1.